The highest BCUT2D eigenvalue weighted by Gasteiger charge is 2.39. The molecule has 1 aliphatic heterocycles. The molecule has 2 rings (SSSR count). The van der Waals surface area contributed by atoms with E-state index in [2.05, 4.69) is 43.4 Å². The van der Waals surface area contributed by atoms with Crippen LogP contribution in [0.15, 0.2) is 0 Å². The summed E-state index contributed by atoms with van der Waals surface area (Å²) in [7, 11) is 0. The molecule has 2 fully saturated rings. The summed E-state index contributed by atoms with van der Waals surface area (Å²) in [5.74, 6) is 0.796. The zero-order valence-corrected chi connectivity index (χ0v) is 14.2. The fraction of sp³-hybridized carbons (Fsp3) is 1.00. The summed E-state index contributed by atoms with van der Waals surface area (Å²) in [4.78, 5) is 0. The van der Waals surface area contributed by atoms with Crippen LogP contribution in [0.4, 0.5) is 0 Å². The third kappa shape index (κ3) is 3.83. The van der Waals surface area contributed by atoms with Crippen molar-refractivity contribution in [1.82, 2.24) is 0 Å². The molecule has 3 heteroatoms. The van der Waals surface area contributed by atoms with Crippen LogP contribution in [0, 0.1) is 11.3 Å². The molecule has 0 spiro atoms. The maximum Gasteiger partial charge on any atom is 0.0819 e. The molecule has 1 aliphatic carbocycles. The number of hydrogen-bond acceptors (Lipinski definition) is 2. The van der Waals surface area contributed by atoms with Crippen LogP contribution in [0.25, 0.3) is 0 Å². The monoisotopic (exact) mass is 366 g/mol. The van der Waals surface area contributed by atoms with Crippen LogP contribution in [0.2, 0.25) is 0 Å². The largest absolute Gasteiger partial charge is 0.381 e. The van der Waals surface area contributed by atoms with E-state index in [4.69, 9.17) is 9.47 Å². The van der Waals surface area contributed by atoms with E-state index < -0.39 is 0 Å². The lowest BCUT2D eigenvalue weighted by Gasteiger charge is -2.44. The first-order valence-corrected chi connectivity index (χ1v) is 8.79. The van der Waals surface area contributed by atoms with Crippen LogP contribution in [0.1, 0.15) is 52.9 Å². The molecule has 0 bridgehead atoms. The molecule has 2 aliphatic rings. The Morgan fingerprint density at radius 2 is 1.89 bits per heavy atom. The normalized spacial score (nSPS) is 35.3. The summed E-state index contributed by atoms with van der Waals surface area (Å²) in [6, 6.07) is 0. The molecule has 2 nitrogen and oxygen atoms in total. The van der Waals surface area contributed by atoms with E-state index in [0.717, 1.165) is 36.4 Å². The van der Waals surface area contributed by atoms with Crippen LogP contribution in [0.5, 0.6) is 0 Å². The topological polar surface area (TPSA) is 18.5 Å². The number of ether oxygens (including phenoxy) is 2. The van der Waals surface area contributed by atoms with Crippen LogP contribution in [-0.4, -0.2) is 29.3 Å². The molecule has 0 amide bonds. The molecule has 2 atom stereocenters. The molecule has 0 aromatic rings. The van der Waals surface area contributed by atoms with Crippen molar-refractivity contribution < 1.29 is 9.47 Å². The van der Waals surface area contributed by atoms with Gasteiger partial charge in [0.2, 0.25) is 0 Å². The number of halogens is 1. The van der Waals surface area contributed by atoms with Gasteiger partial charge in [0.1, 0.15) is 0 Å². The van der Waals surface area contributed by atoms with E-state index in [1.54, 1.807) is 0 Å². The Kier molecular flexibility index (Phi) is 4.98. The highest BCUT2D eigenvalue weighted by Crippen LogP contribution is 2.42. The second-order valence-corrected chi connectivity index (χ2v) is 7.85. The highest BCUT2D eigenvalue weighted by molar-refractivity contribution is 14.1. The lowest BCUT2D eigenvalue weighted by molar-refractivity contribution is -0.150. The maximum absolute atomic E-state index is 6.59. The van der Waals surface area contributed by atoms with Gasteiger partial charge in [0.15, 0.2) is 0 Å². The molecule has 1 saturated carbocycles. The van der Waals surface area contributed by atoms with E-state index in [9.17, 15) is 0 Å². The van der Waals surface area contributed by atoms with Crippen molar-refractivity contribution in [1.29, 1.82) is 0 Å². The fourth-order valence-electron chi connectivity index (χ4n) is 3.73. The maximum atomic E-state index is 6.59. The van der Waals surface area contributed by atoms with E-state index in [1.807, 2.05) is 0 Å². The molecular weight excluding hydrogens is 339 g/mol. The van der Waals surface area contributed by atoms with Gasteiger partial charge in [-0.3, -0.25) is 0 Å². The molecule has 1 saturated heterocycles. The van der Waals surface area contributed by atoms with Gasteiger partial charge in [-0.15, -0.1) is 0 Å². The van der Waals surface area contributed by atoms with Crippen molar-refractivity contribution in [2.24, 2.45) is 11.3 Å². The van der Waals surface area contributed by atoms with Gasteiger partial charge in [-0.1, -0.05) is 43.4 Å². The summed E-state index contributed by atoms with van der Waals surface area (Å²) >= 11 is 2.49. The zero-order chi connectivity index (χ0) is 13.2. The van der Waals surface area contributed by atoms with Crippen molar-refractivity contribution in [3.8, 4) is 0 Å². The second kappa shape index (κ2) is 5.96. The zero-order valence-electron chi connectivity index (χ0n) is 12.0. The van der Waals surface area contributed by atoms with Gasteiger partial charge in [-0.05, 0) is 30.6 Å². The lowest BCUT2D eigenvalue weighted by atomic mass is 9.71. The van der Waals surface area contributed by atoms with Crippen molar-refractivity contribution in [3.05, 3.63) is 0 Å². The average Bonchev–Trinajstić information content (AvgIpc) is 2.27. The second-order valence-electron chi connectivity index (χ2n) is 7.08. The lowest BCUT2D eigenvalue weighted by Crippen LogP contribution is -2.46. The Morgan fingerprint density at radius 1 is 1.22 bits per heavy atom. The molecule has 0 radical (unpaired) electrons. The Labute approximate surface area is 125 Å². The average molecular weight is 366 g/mol. The minimum Gasteiger partial charge on any atom is -0.381 e. The number of rotatable bonds is 3. The number of alkyl halides is 1. The predicted molar refractivity (Wildman–Crippen MR) is 83.3 cm³/mol. The van der Waals surface area contributed by atoms with Gasteiger partial charge in [0.25, 0.3) is 0 Å². The van der Waals surface area contributed by atoms with Gasteiger partial charge in [0.05, 0.1) is 11.7 Å². The van der Waals surface area contributed by atoms with Crippen LogP contribution < -0.4 is 0 Å². The van der Waals surface area contributed by atoms with E-state index >= 15 is 0 Å². The van der Waals surface area contributed by atoms with Crippen LogP contribution in [-0.2, 0) is 9.47 Å². The molecule has 2 unspecified atom stereocenters. The molecule has 18 heavy (non-hydrogen) atoms. The molecule has 1 heterocycles. The Morgan fingerprint density at radius 3 is 2.44 bits per heavy atom. The Bertz CT molecular complexity index is 272. The molecule has 0 N–H and O–H groups in total. The van der Waals surface area contributed by atoms with Gasteiger partial charge >= 0.3 is 0 Å². The van der Waals surface area contributed by atoms with Crippen LogP contribution >= 0.6 is 22.6 Å². The standard InChI is InChI=1S/C15H27IO2/c1-12-8-13(10-14(2,3)9-12)18-15(11-16)4-6-17-7-5-15/h12-13H,4-11H2,1-3H3. The summed E-state index contributed by atoms with van der Waals surface area (Å²) < 4.78 is 13.2. The van der Waals surface area contributed by atoms with Crippen molar-refractivity contribution in [3.63, 3.8) is 0 Å². The smallest absolute Gasteiger partial charge is 0.0819 e. The van der Waals surface area contributed by atoms with Gasteiger partial charge in [-0.2, -0.15) is 0 Å². The molecular formula is C15H27IO2. The van der Waals surface area contributed by atoms with E-state index in [-0.39, 0.29) is 5.60 Å². The first kappa shape index (κ1) is 15.0. The summed E-state index contributed by atoms with van der Waals surface area (Å²) in [6.07, 6.45) is 6.39. The first-order chi connectivity index (χ1) is 8.45. The van der Waals surface area contributed by atoms with E-state index in [1.165, 1.54) is 19.3 Å². The minimum absolute atomic E-state index is 0.0939. The third-order valence-corrected chi connectivity index (χ3v) is 5.80. The summed E-state index contributed by atoms with van der Waals surface area (Å²) in [5.41, 5.74) is 0.538. The van der Waals surface area contributed by atoms with E-state index in [0.29, 0.717) is 11.5 Å². The Hall–Kier alpha value is 0.650. The fourth-order valence-corrected chi connectivity index (χ4v) is 4.67. The summed E-state index contributed by atoms with van der Waals surface area (Å²) in [6.45, 7) is 8.89. The van der Waals surface area contributed by atoms with Crippen molar-refractivity contribution >= 4 is 22.6 Å². The SMILES string of the molecule is CC1CC(OC2(CI)CCOCC2)CC(C)(C)C1. The van der Waals surface area contributed by atoms with Crippen LogP contribution in [0.3, 0.4) is 0 Å². The van der Waals surface area contributed by atoms with Gasteiger partial charge in [-0.25, -0.2) is 0 Å². The van der Waals surface area contributed by atoms with Crippen molar-refractivity contribution in [2.75, 3.05) is 17.6 Å². The Balaban J connectivity index is 1.98. The molecule has 0 aromatic carbocycles. The molecule has 106 valence electrons. The number of hydrogen-bond donors (Lipinski definition) is 0. The van der Waals surface area contributed by atoms with Gasteiger partial charge < -0.3 is 9.47 Å². The van der Waals surface area contributed by atoms with Crippen molar-refractivity contribution in [2.45, 2.75) is 64.6 Å². The summed E-state index contributed by atoms with van der Waals surface area (Å²) in [5, 5.41) is 0. The van der Waals surface area contributed by atoms with Gasteiger partial charge in [0, 0.05) is 30.5 Å². The minimum atomic E-state index is 0.0939. The quantitative estimate of drug-likeness (QED) is 0.551. The molecule has 0 aromatic heterocycles. The highest BCUT2D eigenvalue weighted by atomic mass is 127. The third-order valence-electron chi connectivity index (χ3n) is 4.41. The predicted octanol–water partition coefficient (Wildman–Crippen LogP) is 4.20. The first-order valence-electron chi connectivity index (χ1n) is 7.26.